The number of urea groups is 1. The van der Waals surface area contributed by atoms with Gasteiger partial charge in [-0.3, -0.25) is 0 Å². The van der Waals surface area contributed by atoms with Gasteiger partial charge >= 0.3 is 12.2 Å². The van der Waals surface area contributed by atoms with Crippen LogP contribution in [0.25, 0.3) is 0 Å². The fourth-order valence-corrected chi connectivity index (χ4v) is 2.26. The number of carbonyl (C=O) groups excluding carboxylic acids is 1. The van der Waals surface area contributed by atoms with Crippen LogP contribution >= 0.6 is 0 Å². The molecule has 0 unspecified atom stereocenters. The molecular formula is C15H19F3N2O3. The van der Waals surface area contributed by atoms with Crippen molar-refractivity contribution >= 4 is 11.7 Å². The molecule has 1 aromatic rings. The maximum Gasteiger partial charge on any atom is 0.422 e. The third kappa shape index (κ3) is 5.31. The van der Waals surface area contributed by atoms with Crippen LogP contribution in [0.15, 0.2) is 24.3 Å². The fourth-order valence-electron chi connectivity index (χ4n) is 2.26. The molecule has 0 bridgehead atoms. The lowest BCUT2D eigenvalue weighted by Gasteiger charge is -2.35. The van der Waals surface area contributed by atoms with E-state index in [9.17, 15) is 18.0 Å². The van der Waals surface area contributed by atoms with E-state index in [1.165, 1.54) is 24.3 Å². The normalized spacial score (nSPS) is 18.6. The number of benzene rings is 1. The number of morpholine rings is 1. The molecule has 1 aromatic carbocycles. The molecule has 0 spiro atoms. The highest BCUT2D eigenvalue weighted by Crippen LogP contribution is 2.21. The van der Waals surface area contributed by atoms with Gasteiger partial charge in [-0.15, -0.1) is 0 Å². The highest BCUT2D eigenvalue weighted by atomic mass is 19.4. The highest BCUT2D eigenvalue weighted by molar-refractivity contribution is 5.89. The minimum Gasteiger partial charge on any atom is -0.484 e. The Morgan fingerprint density at radius 3 is 2.70 bits per heavy atom. The van der Waals surface area contributed by atoms with Gasteiger partial charge in [0, 0.05) is 12.2 Å². The van der Waals surface area contributed by atoms with Crippen molar-refractivity contribution in [1.29, 1.82) is 0 Å². The summed E-state index contributed by atoms with van der Waals surface area (Å²) in [6, 6.07) is 5.56. The van der Waals surface area contributed by atoms with Gasteiger partial charge in [0.25, 0.3) is 0 Å². The third-order valence-corrected chi connectivity index (χ3v) is 3.47. The van der Waals surface area contributed by atoms with Crippen molar-refractivity contribution < 1.29 is 27.4 Å². The van der Waals surface area contributed by atoms with Crippen molar-refractivity contribution in [3.63, 3.8) is 0 Å². The maximum atomic E-state index is 12.3. The molecule has 1 fully saturated rings. The van der Waals surface area contributed by atoms with Gasteiger partial charge in [0.05, 0.1) is 19.3 Å². The molecule has 1 N–H and O–H groups in total. The first-order valence-corrected chi connectivity index (χ1v) is 7.34. The summed E-state index contributed by atoms with van der Waals surface area (Å²) in [6.45, 7) is 2.15. The van der Waals surface area contributed by atoms with Crippen molar-refractivity contribution in [2.24, 2.45) is 0 Å². The Kier molecular flexibility index (Phi) is 5.70. The van der Waals surface area contributed by atoms with Gasteiger partial charge in [0.1, 0.15) is 5.75 Å². The predicted octanol–water partition coefficient (Wildman–Crippen LogP) is 3.27. The van der Waals surface area contributed by atoms with Gasteiger partial charge in [-0.25, -0.2) is 4.79 Å². The molecular weight excluding hydrogens is 313 g/mol. The number of ether oxygens (including phenoxy) is 2. The summed E-state index contributed by atoms with van der Waals surface area (Å²) >= 11 is 0. The van der Waals surface area contributed by atoms with Crippen LogP contribution in [0.1, 0.15) is 13.3 Å². The highest BCUT2D eigenvalue weighted by Gasteiger charge is 2.28. The lowest BCUT2D eigenvalue weighted by Crippen LogP contribution is -2.50. The Morgan fingerprint density at radius 1 is 1.39 bits per heavy atom. The Morgan fingerprint density at radius 2 is 2.09 bits per heavy atom. The van der Waals surface area contributed by atoms with E-state index in [2.05, 4.69) is 10.1 Å². The molecule has 5 nitrogen and oxygen atoms in total. The van der Waals surface area contributed by atoms with E-state index in [0.717, 1.165) is 6.42 Å². The standard InChI is InChI=1S/C15H19F3N2O3/c1-2-12-9-22-8-7-20(12)14(21)19-11-3-5-13(6-4-11)23-10-15(16,17)18/h3-6,12H,2,7-10H2,1H3,(H,19,21)/t12-/m0/s1. The smallest absolute Gasteiger partial charge is 0.422 e. The summed E-state index contributed by atoms with van der Waals surface area (Å²) in [5.41, 5.74) is 0.496. The Bertz CT molecular complexity index is 520. The molecule has 2 amide bonds. The molecule has 8 heteroatoms. The Hall–Kier alpha value is -1.96. The van der Waals surface area contributed by atoms with Crippen molar-refractivity contribution in [1.82, 2.24) is 4.90 Å². The minimum atomic E-state index is -4.38. The minimum absolute atomic E-state index is 0.0261. The zero-order chi connectivity index (χ0) is 16.9. The average molecular weight is 332 g/mol. The van der Waals surface area contributed by atoms with E-state index in [0.29, 0.717) is 25.4 Å². The van der Waals surface area contributed by atoms with Crippen molar-refractivity contribution in [2.75, 3.05) is 31.7 Å². The van der Waals surface area contributed by atoms with Crippen LogP contribution in [0.2, 0.25) is 0 Å². The van der Waals surface area contributed by atoms with Gasteiger partial charge in [-0.05, 0) is 30.7 Å². The number of nitrogens with zero attached hydrogens (tertiary/aromatic N) is 1. The number of alkyl halides is 3. The molecule has 128 valence electrons. The molecule has 1 aliphatic heterocycles. The van der Waals surface area contributed by atoms with Crippen molar-refractivity contribution in [3.8, 4) is 5.75 Å². The Balaban J connectivity index is 1.91. The lowest BCUT2D eigenvalue weighted by molar-refractivity contribution is -0.153. The largest absolute Gasteiger partial charge is 0.484 e. The van der Waals surface area contributed by atoms with E-state index in [1.807, 2.05) is 6.92 Å². The first-order valence-electron chi connectivity index (χ1n) is 7.34. The van der Waals surface area contributed by atoms with Crippen LogP contribution in [0.4, 0.5) is 23.7 Å². The van der Waals surface area contributed by atoms with Gasteiger partial charge in [-0.1, -0.05) is 6.92 Å². The number of rotatable bonds is 4. The molecule has 0 aliphatic carbocycles. The molecule has 1 heterocycles. The number of nitrogens with one attached hydrogen (secondary N) is 1. The second-order valence-electron chi connectivity index (χ2n) is 5.19. The van der Waals surface area contributed by atoms with E-state index < -0.39 is 12.8 Å². The topological polar surface area (TPSA) is 50.8 Å². The number of carbonyl (C=O) groups is 1. The second kappa shape index (κ2) is 7.54. The molecule has 1 aliphatic rings. The monoisotopic (exact) mass is 332 g/mol. The molecule has 0 saturated carbocycles. The third-order valence-electron chi connectivity index (χ3n) is 3.47. The number of anilines is 1. The van der Waals surface area contributed by atoms with Crippen LogP contribution in [-0.4, -0.2) is 49.5 Å². The summed E-state index contributed by atoms with van der Waals surface area (Å²) in [6.07, 6.45) is -3.59. The number of hydrogen-bond donors (Lipinski definition) is 1. The zero-order valence-electron chi connectivity index (χ0n) is 12.7. The van der Waals surface area contributed by atoms with Crippen molar-refractivity contribution in [2.45, 2.75) is 25.6 Å². The van der Waals surface area contributed by atoms with Crippen molar-refractivity contribution in [3.05, 3.63) is 24.3 Å². The quantitative estimate of drug-likeness (QED) is 0.921. The predicted molar refractivity (Wildman–Crippen MR) is 78.6 cm³/mol. The van der Waals surface area contributed by atoms with Crippen LogP contribution in [0.5, 0.6) is 5.75 Å². The average Bonchev–Trinajstić information content (AvgIpc) is 2.53. The molecule has 2 rings (SSSR count). The molecule has 23 heavy (non-hydrogen) atoms. The van der Waals surface area contributed by atoms with Crippen LogP contribution in [0.3, 0.4) is 0 Å². The lowest BCUT2D eigenvalue weighted by atomic mass is 10.2. The number of amides is 2. The van der Waals surface area contributed by atoms with Gasteiger partial charge < -0.3 is 19.7 Å². The second-order valence-corrected chi connectivity index (χ2v) is 5.19. The van der Waals surface area contributed by atoms with Gasteiger partial charge in [0.15, 0.2) is 6.61 Å². The van der Waals surface area contributed by atoms with E-state index in [4.69, 9.17) is 4.74 Å². The SMILES string of the molecule is CC[C@H]1COCCN1C(=O)Nc1ccc(OCC(F)(F)F)cc1. The van der Waals surface area contributed by atoms with Gasteiger partial charge in [0.2, 0.25) is 0 Å². The number of hydrogen-bond acceptors (Lipinski definition) is 3. The summed E-state index contributed by atoms with van der Waals surface area (Å²) in [5, 5.41) is 2.73. The molecule has 1 atom stereocenters. The number of halogens is 3. The fraction of sp³-hybridized carbons (Fsp3) is 0.533. The maximum absolute atomic E-state index is 12.3. The molecule has 0 radical (unpaired) electrons. The van der Waals surface area contributed by atoms with E-state index in [-0.39, 0.29) is 17.8 Å². The van der Waals surface area contributed by atoms with E-state index in [1.54, 1.807) is 4.90 Å². The summed E-state index contributed by atoms with van der Waals surface area (Å²) in [4.78, 5) is 14.0. The van der Waals surface area contributed by atoms with Crippen LogP contribution in [0, 0.1) is 0 Å². The van der Waals surface area contributed by atoms with Crippen LogP contribution < -0.4 is 10.1 Å². The zero-order valence-corrected chi connectivity index (χ0v) is 12.7. The first-order chi connectivity index (χ1) is 10.9. The van der Waals surface area contributed by atoms with Crippen LogP contribution in [-0.2, 0) is 4.74 Å². The molecule has 0 aromatic heterocycles. The summed E-state index contributed by atoms with van der Waals surface area (Å²) in [5.74, 6) is 0.0955. The first kappa shape index (κ1) is 17.4. The molecule has 1 saturated heterocycles. The summed E-state index contributed by atoms with van der Waals surface area (Å²) < 4.78 is 46.2. The van der Waals surface area contributed by atoms with Gasteiger partial charge in [-0.2, -0.15) is 13.2 Å². The Labute approximate surface area is 132 Å². The van der Waals surface area contributed by atoms with E-state index >= 15 is 0 Å². The summed E-state index contributed by atoms with van der Waals surface area (Å²) in [7, 11) is 0.